The monoisotopic (exact) mass is 360 g/mol. The number of rotatable bonds is 6. The van der Waals surface area contributed by atoms with Crippen LogP contribution in [0.3, 0.4) is 0 Å². The third kappa shape index (κ3) is 5.06. The first-order chi connectivity index (χ1) is 11.7. The summed E-state index contributed by atoms with van der Waals surface area (Å²) in [7, 11) is -3.46. The van der Waals surface area contributed by atoms with Crippen molar-refractivity contribution < 1.29 is 13.2 Å². The molecule has 2 aromatic rings. The van der Waals surface area contributed by atoms with E-state index in [0.717, 1.165) is 18.2 Å². The van der Waals surface area contributed by atoms with Gasteiger partial charge >= 0.3 is 0 Å². The van der Waals surface area contributed by atoms with Crippen molar-refractivity contribution in [3.05, 3.63) is 64.7 Å². The molecule has 0 aliphatic carbocycles. The number of para-hydroxylation sites is 1. The van der Waals surface area contributed by atoms with Crippen LogP contribution in [0.5, 0.6) is 0 Å². The van der Waals surface area contributed by atoms with Crippen molar-refractivity contribution >= 4 is 21.6 Å². The van der Waals surface area contributed by atoms with E-state index in [1.807, 2.05) is 32.9 Å². The summed E-state index contributed by atoms with van der Waals surface area (Å²) in [6.45, 7) is 6.09. The fourth-order valence-electron chi connectivity index (χ4n) is 2.61. The van der Waals surface area contributed by atoms with Crippen LogP contribution in [0.4, 0.5) is 5.69 Å². The lowest BCUT2D eigenvalue weighted by Crippen LogP contribution is -2.29. The zero-order valence-electron chi connectivity index (χ0n) is 15.0. The number of hydrogen-bond acceptors (Lipinski definition) is 3. The maximum atomic E-state index is 12.7. The van der Waals surface area contributed by atoms with Crippen LogP contribution >= 0.6 is 0 Å². The molecule has 2 aromatic carbocycles. The fraction of sp³-hybridized carbons (Fsp3) is 0.316. The highest BCUT2D eigenvalue weighted by molar-refractivity contribution is 7.92. The maximum Gasteiger partial charge on any atom is 0.253 e. The second kappa shape index (κ2) is 7.70. The molecular formula is C19H24N2O3S. The zero-order chi connectivity index (χ0) is 18.6. The third-order valence-electron chi connectivity index (χ3n) is 4.11. The summed E-state index contributed by atoms with van der Waals surface area (Å²) in [5, 5.41) is 3.00. The van der Waals surface area contributed by atoms with Crippen LogP contribution < -0.4 is 10.0 Å². The maximum absolute atomic E-state index is 12.7. The molecule has 2 rings (SSSR count). The Kier molecular flexibility index (Phi) is 5.85. The quantitative estimate of drug-likeness (QED) is 0.827. The van der Waals surface area contributed by atoms with Crippen molar-refractivity contribution in [1.29, 1.82) is 0 Å². The lowest BCUT2D eigenvalue weighted by molar-refractivity contribution is 0.0936. The minimum Gasteiger partial charge on any atom is -0.345 e. The van der Waals surface area contributed by atoms with Crippen LogP contribution in [0.15, 0.2) is 42.5 Å². The summed E-state index contributed by atoms with van der Waals surface area (Å²) in [4.78, 5) is 12.7. The molecule has 0 saturated carbocycles. The summed E-state index contributed by atoms with van der Waals surface area (Å²) >= 11 is 0. The van der Waals surface area contributed by atoms with Crippen molar-refractivity contribution in [2.75, 3.05) is 11.0 Å². The molecule has 2 N–H and O–H groups in total. The fourth-order valence-corrected chi connectivity index (χ4v) is 3.19. The Bertz CT molecular complexity index is 876. The lowest BCUT2D eigenvalue weighted by atomic mass is 9.99. The first kappa shape index (κ1) is 19.0. The number of sulfonamides is 1. The first-order valence-corrected chi connectivity index (χ1v) is 10.0. The number of benzene rings is 2. The van der Waals surface area contributed by atoms with Crippen molar-refractivity contribution in [2.45, 2.75) is 33.2 Å². The molecule has 25 heavy (non-hydrogen) atoms. The van der Waals surface area contributed by atoms with E-state index < -0.39 is 10.0 Å². The van der Waals surface area contributed by atoms with E-state index >= 15 is 0 Å². The Morgan fingerprint density at radius 3 is 2.36 bits per heavy atom. The van der Waals surface area contributed by atoms with Crippen molar-refractivity contribution in [3.63, 3.8) is 0 Å². The normalized spacial score (nSPS) is 12.5. The molecule has 0 fully saturated rings. The Morgan fingerprint density at radius 2 is 1.76 bits per heavy atom. The van der Waals surface area contributed by atoms with Crippen molar-refractivity contribution in [3.8, 4) is 0 Å². The van der Waals surface area contributed by atoms with Crippen molar-refractivity contribution in [2.24, 2.45) is 0 Å². The van der Waals surface area contributed by atoms with Gasteiger partial charge in [-0.1, -0.05) is 37.3 Å². The summed E-state index contributed by atoms with van der Waals surface area (Å²) in [6.07, 6.45) is 1.79. The van der Waals surface area contributed by atoms with Crippen LogP contribution in [-0.2, 0) is 10.0 Å². The van der Waals surface area contributed by atoms with Gasteiger partial charge in [-0.05, 0) is 49.1 Å². The van der Waals surface area contributed by atoms with E-state index in [1.54, 1.807) is 24.3 Å². The van der Waals surface area contributed by atoms with Gasteiger partial charge in [-0.3, -0.25) is 9.52 Å². The highest BCUT2D eigenvalue weighted by Gasteiger charge is 2.18. The Hall–Kier alpha value is -2.34. The van der Waals surface area contributed by atoms with E-state index in [2.05, 4.69) is 16.1 Å². The molecule has 0 spiro atoms. The third-order valence-corrected chi connectivity index (χ3v) is 4.70. The SMILES string of the molecule is CCC(NC(=O)c1ccccc1NS(C)(=O)=O)c1ccc(C)c(C)c1. The highest BCUT2D eigenvalue weighted by Crippen LogP contribution is 2.22. The van der Waals surface area contributed by atoms with Gasteiger partial charge in [0.05, 0.1) is 23.5 Å². The van der Waals surface area contributed by atoms with Crippen LogP contribution in [0.1, 0.15) is 46.4 Å². The molecule has 0 aliphatic rings. The minimum absolute atomic E-state index is 0.141. The van der Waals surface area contributed by atoms with E-state index in [4.69, 9.17) is 0 Å². The largest absolute Gasteiger partial charge is 0.345 e. The standard InChI is InChI=1S/C19H24N2O3S/c1-5-17(15-11-10-13(2)14(3)12-15)20-19(22)16-8-6-7-9-18(16)21-25(4,23)24/h6-12,17,21H,5H2,1-4H3,(H,20,22). The van der Waals surface area contributed by atoms with Gasteiger partial charge in [0.15, 0.2) is 0 Å². The van der Waals surface area contributed by atoms with Gasteiger partial charge in [-0.15, -0.1) is 0 Å². The minimum atomic E-state index is -3.46. The number of anilines is 1. The van der Waals surface area contributed by atoms with Crippen LogP contribution in [-0.4, -0.2) is 20.6 Å². The molecule has 6 heteroatoms. The van der Waals surface area contributed by atoms with Gasteiger partial charge in [0.25, 0.3) is 5.91 Å². The smallest absolute Gasteiger partial charge is 0.253 e. The highest BCUT2D eigenvalue weighted by atomic mass is 32.2. The van der Waals surface area contributed by atoms with Crippen LogP contribution in [0.25, 0.3) is 0 Å². The van der Waals surface area contributed by atoms with E-state index in [0.29, 0.717) is 5.56 Å². The number of nitrogens with one attached hydrogen (secondary N) is 2. The zero-order valence-corrected chi connectivity index (χ0v) is 15.8. The van der Waals surface area contributed by atoms with Crippen LogP contribution in [0, 0.1) is 13.8 Å². The lowest BCUT2D eigenvalue weighted by Gasteiger charge is -2.20. The van der Waals surface area contributed by atoms with Gasteiger partial charge in [-0.25, -0.2) is 8.42 Å². The average molecular weight is 360 g/mol. The summed E-state index contributed by atoms with van der Waals surface area (Å²) in [6, 6.07) is 12.6. The number of amides is 1. The van der Waals surface area contributed by atoms with E-state index in [-0.39, 0.29) is 17.6 Å². The number of hydrogen-bond donors (Lipinski definition) is 2. The average Bonchev–Trinajstić information content (AvgIpc) is 2.54. The van der Waals surface area contributed by atoms with Gasteiger partial charge in [-0.2, -0.15) is 0 Å². The Labute approximate surface area is 149 Å². The molecule has 0 heterocycles. The number of aryl methyl sites for hydroxylation is 2. The van der Waals surface area contributed by atoms with Gasteiger partial charge < -0.3 is 5.32 Å². The molecule has 0 radical (unpaired) electrons. The Morgan fingerprint density at radius 1 is 1.08 bits per heavy atom. The number of carbonyl (C=O) groups excluding carboxylic acids is 1. The molecular weight excluding hydrogens is 336 g/mol. The Balaban J connectivity index is 2.27. The first-order valence-electron chi connectivity index (χ1n) is 8.16. The molecule has 1 amide bonds. The topological polar surface area (TPSA) is 75.3 Å². The molecule has 0 saturated heterocycles. The van der Waals surface area contributed by atoms with Gasteiger partial charge in [0, 0.05) is 0 Å². The van der Waals surface area contributed by atoms with E-state index in [1.165, 1.54) is 11.1 Å². The summed E-state index contributed by atoms with van der Waals surface area (Å²) in [5.41, 5.74) is 3.98. The number of carbonyl (C=O) groups is 1. The summed E-state index contributed by atoms with van der Waals surface area (Å²) < 4.78 is 25.4. The molecule has 5 nitrogen and oxygen atoms in total. The molecule has 134 valence electrons. The van der Waals surface area contributed by atoms with E-state index in [9.17, 15) is 13.2 Å². The van der Waals surface area contributed by atoms with Gasteiger partial charge in [0.1, 0.15) is 0 Å². The molecule has 0 aromatic heterocycles. The van der Waals surface area contributed by atoms with Crippen molar-refractivity contribution in [1.82, 2.24) is 5.32 Å². The second-order valence-corrected chi connectivity index (χ2v) is 7.95. The van der Waals surface area contributed by atoms with Crippen LogP contribution in [0.2, 0.25) is 0 Å². The molecule has 0 aliphatic heterocycles. The predicted octanol–water partition coefficient (Wildman–Crippen LogP) is 3.56. The molecule has 1 atom stereocenters. The predicted molar refractivity (Wildman–Crippen MR) is 101 cm³/mol. The second-order valence-electron chi connectivity index (χ2n) is 6.20. The van der Waals surface area contributed by atoms with Gasteiger partial charge in [0.2, 0.25) is 10.0 Å². The molecule has 1 unspecified atom stereocenters. The summed E-state index contributed by atoms with van der Waals surface area (Å²) in [5.74, 6) is -0.308. The molecule has 0 bridgehead atoms.